The van der Waals surface area contributed by atoms with Gasteiger partial charge < -0.3 is 10.6 Å². The Morgan fingerprint density at radius 1 is 1.21 bits per heavy atom. The minimum absolute atomic E-state index is 0.0187. The molecule has 0 atom stereocenters. The predicted octanol–water partition coefficient (Wildman–Crippen LogP) is 4.58. The SMILES string of the molecule is O=C(Nc1ccc(Cl)c(C(F)(F)F)c1)c1ccnc(NC2CC2)c1. The number of carbonyl (C=O) groups is 1. The Kier molecular flexibility index (Phi) is 4.36. The molecule has 1 aliphatic carbocycles. The van der Waals surface area contributed by atoms with Crippen LogP contribution in [0.25, 0.3) is 0 Å². The van der Waals surface area contributed by atoms with E-state index in [0.29, 0.717) is 17.4 Å². The molecular formula is C16H13ClF3N3O. The minimum Gasteiger partial charge on any atom is -0.367 e. The molecule has 1 aromatic carbocycles. The summed E-state index contributed by atoms with van der Waals surface area (Å²) >= 11 is 5.56. The van der Waals surface area contributed by atoms with Crippen molar-refractivity contribution in [2.75, 3.05) is 10.6 Å². The second kappa shape index (κ2) is 6.32. The zero-order valence-electron chi connectivity index (χ0n) is 12.3. The molecular weight excluding hydrogens is 343 g/mol. The molecule has 0 saturated heterocycles. The van der Waals surface area contributed by atoms with E-state index in [9.17, 15) is 18.0 Å². The average Bonchev–Trinajstić information content (AvgIpc) is 3.32. The molecule has 3 rings (SSSR count). The van der Waals surface area contributed by atoms with Crippen LogP contribution < -0.4 is 10.6 Å². The highest BCUT2D eigenvalue weighted by Crippen LogP contribution is 2.36. The molecule has 2 aromatic rings. The molecule has 1 aromatic heterocycles. The maximum Gasteiger partial charge on any atom is 0.417 e. The van der Waals surface area contributed by atoms with Gasteiger partial charge in [0.25, 0.3) is 5.91 Å². The standard InChI is InChI=1S/C16H13ClF3N3O/c17-13-4-3-11(8-12(13)16(18,19)20)23-15(24)9-5-6-21-14(7-9)22-10-1-2-10/h3-8,10H,1-2H2,(H,21,22)(H,23,24). The summed E-state index contributed by atoms with van der Waals surface area (Å²) in [6, 6.07) is 6.67. The second-order valence-corrected chi connectivity index (χ2v) is 5.90. The van der Waals surface area contributed by atoms with Crippen LogP contribution in [0.5, 0.6) is 0 Å². The first kappa shape index (κ1) is 16.6. The van der Waals surface area contributed by atoms with Gasteiger partial charge in [-0.05, 0) is 43.2 Å². The normalized spacial score (nSPS) is 14.3. The first-order valence-corrected chi connectivity index (χ1v) is 7.61. The first-order valence-electron chi connectivity index (χ1n) is 7.23. The van der Waals surface area contributed by atoms with E-state index in [0.717, 1.165) is 25.0 Å². The summed E-state index contributed by atoms with van der Waals surface area (Å²) in [6.07, 6.45) is -0.995. The molecule has 0 bridgehead atoms. The number of hydrogen-bond acceptors (Lipinski definition) is 3. The summed E-state index contributed by atoms with van der Waals surface area (Å²) in [7, 11) is 0. The van der Waals surface area contributed by atoms with Gasteiger partial charge in [-0.1, -0.05) is 11.6 Å². The van der Waals surface area contributed by atoms with Crippen molar-refractivity contribution >= 4 is 29.0 Å². The third-order valence-corrected chi connectivity index (χ3v) is 3.81. The lowest BCUT2D eigenvalue weighted by Gasteiger charge is -2.12. The number of anilines is 2. The van der Waals surface area contributed by atoms with Crippen LogP contribution in [0.1, 0.15) is 28.8 Å². The maximum atomic E-state index is 12.9. The highest BCUT2D eigenvalue weighted by Gasteiger charge is 2.33. The van der Waals surface area contributed by atoms with Gasteiger partial charge >= 0.3 is 6.18 Å². The topological polar surface area (TPSA) is 54.0 Å². The number of amides is 1. The van der Waals surface area contributed by atoms with E-state index in [4.69, 9.17) is 11.6 Å². The Balaban J connectivity index is 1.77. The molecule has 1 fully saturated rings. The molecule has 2 N–H and O–H groups in total. The monoisotopic (exact) mass is 355 g/mol. The highest BCUT2D eigenvalue weighted by atomic mass is 35.5. The van der Waals surface area contributed by atoms with Crippen LogP contribution in [0.2, 0.25) is 5.02 Å². The van der Waals surface area contributed by atoms with Gasteiger partial charge in [0.15, 0.2) is 0 Å². The fourth-order valence-corrected chi connectivity index (χ4v) is 2.34. The van der Waals surface area contributed by atoms with Crippen molar-refractivity contribution in [3.05, 3.63) is 52.7 Å². The average molecular weight is 356 g/mol. The van der Waals surface area contributed by atoms with E-state index in [1.165, 1.54) is 18.3 Å². The summed E-state index contributed by atoms with van der Waals surface area (Å²) < 4.78 is 38.6. The quantitative estimate of drug-likeness (QED) is 0.844. The van der Waals surface area contributed by atoms with E-state index in [1.807, 2.05) is 0 Å². The summed E-state index contributed by atoms with van der Waals surface area (Å²) in [5.41, 5.74) is -0.672. The number of benzene rings is 1. The molecule has 1 amide bonds. The summed E-state index contributed by atoms with van der Waals surface area (Å²) in [5.74, 6) is 0.0453. The smallest absolute Gasteiger partial charge is 0.367 e. The van der Waals surface area contributed by atoms with E-state index >= 15 is 0 Å². The van der Waals surface area contributed by atoms with Crippen LogP contribution in [-0.2, 0) is 6.18 Å². The molecule has 0 unspecified atom stereocenters. The van der Waals surface area contributed by atoms with Crippen molar-refractivity contribution in [3.63, 3.8) is 0 Å². The summed E-state index contributed by atoms with van der Waals surface area (Å²) in [5, 5.41) is 5.18. The molecule has 0 spiro atoms. The molecule has 0 radical (unpaired) electrons. The van der Waals surface area contributed by atoms with Gasteiger partial charge in [0, 0.05) is 23.5 Å². The Bertz CT molecular complexity index is 775. The number of aromatic nitrogens is 1. The first-order chi connectivity index (χ1) is 11.3. The predicted molar refractivity (Wildman–Crippen MR) is 85.3 cm³/mol. The lowest BCUT2D eigenvalue weighted by atomic mass is 10.1. The highest BCUT2D eigenvalue weighted by molar-refractivity contribution is 6.31. The number of rotatable bonds is 4. The molecule has 1 heterocycles. The number of nitrogens with one attached hydrogen (secondary N) is 2. The van der Waals surface area contributed by atoms with Gasteiger partial charge in [0.2, 0.25) is 0 Å². The van der Waals surface area contributed by atoms with Crippen LogP contribution in [0.3, 0.4) is 0 Å². The molecule has 0 aliphatic heterocycles. The van der Waals surface area contributed by atoms with Gasteiger partial charge in [-0.3, -0.25) is 4.79 Å². The fourth-order valence-electron chi connectivity index (χ4n) is 2.11. The fraction of sp³-hybridized carbons (Fsp3) is 0.250. The number of hydrogen-bond donors (Lipinski definition) is 2. The largest absolute Gasteiger partial charge is 0.417 e. The summed E-state index contributed by atoms with van der Waals surface area (Å²) in [4.78, 5) is 16.3. The number of nitrogens with zero attached hydrogens (tertiary/aromatic N) is 1. The molecule has 1 aliphatic rings. The molecule has 1 saturated carbocycles. The minimum atomic E-state index is -4.59. The Morgan fingerprint density at radius 3 is 2.62 bits per heavy atom. The van der Waals surface area contributed by atoms with Gasteiger partial charge in [-0.25, -0.2) is 4.98 Å². The van der Waals surface area contributed by atoms with E-state index in [1.54, 1.807) is 6.07 Å². The third kappa shape index (κ3) is 3.97. The summed E-state index contributed by atoms with van der Waals surface area (Å²) in [6.45, 7) is 0. The molecule has 8 heteroatoms. The van der Waals surface area contributed by atoms with Gasteiger partial charge in [0.1, 0.15) is 5.82 Å². The van der Waals surface area contributed by atoms with Gasteiger partial charge in [-0.2, -0.15) is 13.2 Å². The Hall–Kier alpha value is -2.28. The van der Waals surface area contributed by atoms with Gasteiger partial charge in [-0.15, -0.1) is 0 Å². The zero-order chi connectivity index (χ0) is 17.3. The number of carbonyl (C=O) groups excluding carboxylic acids is 1. The lowest BCUT2D eigenvalue weighted by Crippen LogP contribution is -2.14. The van der Waals surface area contributed by atoms with Gasteiger partial charge in [0.05, 0.1) is 10.6 Å². The number of alkyl halides is 3. The van der Waals surface area contributed by atoms with Crippen LogP contribution in [0.4, 0.5) is 24.7 Å². The second-order valence-electron chi connectivity index (χ2n) is 5.49. The van der Waals surface area contributed by atoms with E-state index in [-0.39, 0.29) is 5.69 Å². The van der Waals surface area contributed by atoms with Crippen LogP contribution in [-0.4, -0.2) is 16.9 Å². The van der Waals surface area contributed by atoms with E-state index < -0.39 is 22.7 Å². The zero-order valence-corrected chi connectivity index (χ0v) is 13.1. The maximum absolute atomic E-state index is 12.9. The Labute approximate surface area is 141 Å². The van der Waals surface area contributed by atoms with Crippen molar-refractivity contribution in [2.24, 2.45) is 0 Å². The lowest BCUT2D eigenvalue weighted by molar-refractivity contribution is -0.137. The van der Waals surface area contributed by atoms with Crippen molar-refractivity contribution < 1.29 is 18.0 Å². The van der Waals surface area contributed by atoms with E-state index in [2.05, 4.69) is 15.6 Å². The van der Waals surface area contributed by atoms with Crippen LogP contribution in [0, 0.1) is 0 Å². The van der Waals surface area contributed by atoms with Crippen molar-refractivity contribution in [3.8, 4) is 0 Å². The molecule has 4 nitrogen and oxygen atoms in total. The third-order valence-electron chi connectivity index (χ3n) is 3.48. The van der Waals surface area contributed by atoms with Crippen LogP contribution in [0.15, 0.2) is 36.5 Å². The molecule has 126 valence electrons. The van der Waals surface area contributed by atoms with Crippen molar-refractivity contribution in [1.29, 1.82) is 0 Å². The van der Waals surface area contributed by atoms with Crippen molar-refractivity contribution in [1.82, 2.24) is 4.98 Å². The number of halogens is 4. The number of pyridine rings is 1. The van der Waals surface area contributed by atoms with Crippen molar-refractivity contribution in [2.45, 2.75) is 25.1 Å². The Morgan fingerprint density at radius 2 is 1.96 bits per heavy atom. The van der Waals surface area contributed by atoms with Crippen LogP contribution >= 0.6 is 11.6 Å². The molecule has 24 heavy (non-hydrogen) atoms.